The highest BCUT2D eigenvalue weighted by Crippen LogP contribution is 2.39. The normalized spacial score (nSPS) is 19.1. The summed E-state index contributed by atoms with van der Waals surface area (Å²) in [6.07, 6.45) is 2.99. The van der Waals surface area contributed by atoms with E-state index >= 15 is 0 Å². The van der Waals surface area contributed by atoms with Crippen molar-refractivity contribution in [1.29, 1.82) is 0 Å². The lowest BCUT2D eigenvalue weighted by atomic mass is 10.2. The third-order valence-electron chi connectivity index (χ3n) is 6.21. The number of nitrogens with zero attached hydrogens (tertiary/aromatic N) is 4. The second-order valence-electron chi connectivity index (χ2n) is 9.32. The maximum atomic E-state index is 7.04. The molecule has 2 aromatic heterocycles. The van der Waals surface area contributed by atoms with Gasteiger partial charge in [0.1, 0.15) is 23.5 Å². The number of hydrogen-bond donors (Lipinski definition) is 0. The van der Waals surface area contributed by atoms with Crippen LogP contribution in [0.3, 0.4) is 0 Å². The van der Waals surface area contributed by atoms with Crippen molar-refractivity contribution < 1.29 is 9.16 Å². The number of halogens is 1. The van der Waals surface area contributed by atoms with E-state index in [9.17, 15) is 0 Å². The number of rotatable bonds is 6. The third-order valence-corrected chi connectivity index (χ3v) is 12.6. The first-order valence-electron chi connectivity index (χ1n) is 11.3. The minimum atomic E-state index is -2.61. The molecule has 2 aromatic carbocycles. The van der Waals surface area contributed by atoms with Gasteiger partial charge >= 0.3 is 0 Å². The Morgan fingerprint density at radius 1 is 1.03 bits per heavy atom. The van der Waals surface area contributed by atoms with E-state index in [1.165, 1.54) is 16.7 Å². The Morgan fingerprint density at radius 2 is 1.68 bits per heavy atom. The number of imidazole rings is 1. The molecular weight excluding hydrogens is 484 g/mol. The summed E-state index contributed by atoms with van der Waals surface area (Å²) in [4.78, 5) is 12.8. The van der Waals surface area contributed by atoms with Gasteiger partial charge in [0.2, 0.25) is 0 Å². The van der Waals surface area contributed by atoms with E-state index < -0.39 is 8.32 Å². The van der Waals surface area contributed by atoms with Crippen LogP contribution in [-0.2, 0) is 9.16 Å². The summed E-state index contributed by atoms with van der Waals surface area (Å²) in [5.41, 5.74) is 1.17. The van der Waals surface area contributed by atoms with Gasteiger partial charge < -0.3 is 9.16 Å². The Labute approximate surface area is 209 Å². The van der Waals surface area contributed by atoms with Crippen LogP contribution in [0, 0.1) is 0 Å². The monoisotopic (exact) mass is 510 g/mol. The maximum Gasteiger partial charge on any atom is 0.261 e. The second-order valence-corrected chi connectivity index (χ2v) is 15.2. The van der Waals surface area contributed by atoms with Crippen LogP contribution in [0.15, 0.2) is 73.3 Å². The summed E-state index contributed by atoms with van der Waals surface area (Å²) in [7, 11) is -2.61. The van der Waals surface area contributed by atoms with E-state index in [1.807, 2.05) is 4.57 Å². The first-order chi connectivity index (χ1) is 16.4. The summed E-state index contributed by atoms with van der Waals surface area (Å²) in [5.74, 6) is 0.780. The molecule has 0 N–H and O–H groups in total. The fraction of sp³-hybridized carbons (Fsp3) is 0.320. The van der Waals surface area contributed by atoms with Crippen LogP contribution in [0.25, 0.3) is 11.2 Å². The molecule has 9 heteroatoms. The van der Waals surface area contributed by atoms with E-state index in [-0.39, 0.29) is 16.7 Å². The molecule has 3 heterocycles. The van der Waals surface area contributed by atoms with Crippen molar-refractivity contribution in [2.24, 2.45) is 0 Å². The molecule has 176 valence electrons. The molecule has 6 nitrogen and oxygen atoms in total. The molecule has 0 amide bonds. The molecule has 0 unspecified atom stereocenters. The molecule has 0 spiro atoms. The van der Waals surface area contributed by atoms with E-state index in [0.717, 1.165) is 5.75 Å². The highest BCUT2D eigenvalue weighted by molar-refractivity contribution is 8.00. The van der Waals surface area contributed by atoms with E-state index in [4.69, 9.17) is 20.8 Å². The van der Waals surface area contributed by atoms with Crippen LogP contribution >= 0.6 is 23.4 Å². The Kier molecular flexibility index (Phi) is 6.52. The predicted octanol–water partition coefficient (Wildman–Crippen LogP) is 4.64. The molecule has 1 saturated heterocycles. The van der Waals surface area contributed by atoms with Gasteiger partial charge in [0.25, 0.3) is 8.32 Å². The number of fused-ring (bicyclic) bond motifs is 1. The summed E-state index contributed by atoms with van der Waals surface area (Å²) in [6.45, 7) is 7.35. The van der Waals surface area contributed by atoms with Crippen molar-refractivity contribution >= 4 is 53.2 Å². The van der Waals surface area contributed by atoms with E-state index in [2.05, 4.69) is 96.4 Å². The van der Waals surface area contributed by atoms with Crippen LogP contribution in [0.5, 0.6) is 0 Å². The van der Waals surface area contributed by atoms with Crippen molar-refractivity contribution in [2.45, 2.75) is 37.5 Å². The Morgan fingerprint density at radius 3 is 2.29 bits per heavy atom. The SMILES string of the molecule is CC(C)(C)[Si](OC[C@@H]1O[C@@H](n2cnc3c(Cl)ncnc32)CS1)(c1ccccc1)c1ccccc1. The molecule has 1 fully saturated rings. The number of hydrogen-bond acceptors (Lipinski definition) is 6. The highest BCUT2D eigenvalue weighted by atomic mass is 35.5. The second kappa shape index (κ2) is 9.43. The van der Waals surface area contributed by atoms with Gasteiger partial charge in [-0.25, -0.2) is 15.0 Å². The van der Waals surface area contributed by atoms with Crippen LogP contribution in [-0.4, -0.2) is 45.6 Å². The number of ether oxygens (including phenoxy) is 1. The molecule has 1 aliphatic heterocycles. The Hall–Kier alpha value is -2.23. The largest absolute Gasteiger partial charge is 0.404 e. The average molecular weight is 511 g/mol. The van der Waals surface area contributed by atoms with Gasteiger partial charge in [-0.3, -0.25) is 4.57 Å². The zero-order chi connectivity index (χ0) is 23.8. The lowest BCUT2D eigenvalue weighted by molar-refractivity contribution is 0.000994. The summed E-state index contributed by atoms with van der Waals surface area (Å²) in [6, 6.07) is 21.3. The summed E-state index contributed by atoms with van der Waals surface area (Å²) < 4.78 is 15.4. The first kappa shape index (κ1) is 23.5. The molecule has 2 atom stereocenters. The predicted molar refractivity (Wildman–Crippen MR) is 140 cm³/mol. The Balaban J connectivity index is 1.42. The minimum Gasteiger partial charge on any atom is -0.404 e. The van der Waals surface area contributed by atoms with Crippen molar-refractivity contribution in [2.75, 3.05) is 12.4 Å². The fourth-order valence-electron chi connectivity index (χ4n) is 4.67. The van der Waals surface area contributed by atoms with Gasteiger partial charge in [0, 0.05) is 5.75 Å². The van der Waals surface area contributed by atoms with Gasteiger partial charge in [0.05, 0.1) is 12.9 Å². The van der Waals surface area contributed by atoms with Gasteiger partial charge in [-0.05, 0) is 15.4 Å². The fourth-order valence-corrected chi connectivity index (χ4v) is 10.5. The molecule has 0 saturated carbocycles. The van der Waals surface area contributed by atoms with Gasteiger partial charge in [0.15, 0.2) is 10.8 Å². The maximum absolute atomic E-state index is 7.04. The van der Waals surface area contributed by atoms with Crippen LogP contribution in [0.2, 0.25) is 10.2 Å². The van der Waals surface area contributed by atoms with Crippen molar-refractivity contribution in [3.63, 3.8) is 0 Å². The van der Waals surface area contributed by atoms with Crippen molar-refractivity contribution in [3.05, 3.63) is 78.5 Å². The minimum absolute atomic E-state index is 0.0768. The molecule has 0 aliphatic carbocycles. The van der Waals surface area contributed by atoms with Gasteiger partial charge in [-0.2, -0.15) is 0 Å². The topological polar surface area (TPSA) is 62.1 Å². The smallest absolute Gasteiger partial charge is 0.261 e. The van der Waals surface area contributed by atoms with Gasteiger partial charge in [-0.15, -0.1) is 11.8 Å². The molecule has 0 bridgehead atoms. The summed E-state index contributed by atoms with van der Waals surface area (Å²) in [5, 5.41) is 2.80. The zero-order valence-corrected chi connectivity index (χ0v) is 22.0. The molecule has 0 radical (unpaired) electrons. The number of thioether (sulfide) groups is 1. The number of benzene rings is 2. The lowest BCUT2D eigenvalue weighted by Crippen LogP contribution is -2.67. The highest BCUT2D eigenvalue weighted by Gasteiger charge is 2.50. The van der Waals surface area contributed by atoms with Crippen LogP contribution in [0.1, 0.15) is 27.0 Å². The zero-order valence-electron chi connectivity index (χ0n) is 19.4. The standard InChI is InChI=1S/C25H27ClN4O2SSi/c1-25(2,3)34(18-10-6-4-7-11-18,19-12-8-5-9-13-19)31-14-21-32-20(15-33-21)30-17-29-22-23(26)27-16-28-24(22)30/h4-13,16-17,20-21H,14-15H2,1-3H3/t20-,21-/m1/s1. The molecular formula is C25H27ClN4O2SSi. The first-order valence-corrected chi connectivity index (χ1v) is 14.6. The molecule has 1 aliphatic rings. The number of aromatic nitrogens is 4. The third kappa shape index (κ3) is 4.18. The quantitative estimate of drug-likeness (QED) is 0.278. The summed E-state index contributed by atoms with van der Waals surface area (Å²) >= 11 is 7.93. The van der Waals surface area contributed by atoms with Crippen LogP contribution in [0.4, 0.5) is 0 Å². The molecule has 34 heavy (non-hydrogen) atoms. The average Bonchev–Trinajstić information content (AvgIpc) is 3.48. The van der Waals surface area contributed by atoms with E-state index in [0.29, 0.717) is 22.9 Å². The van der Waals surface area contributed by atoms with Crippen molar-refractivity contribution in [1.82, 2.24) is 19.5 Å². The lowest BCUT2D eigenvalue weighted by Gasteiger charge is -2.43. The van der Waals surface area contributed by atoms with Crippen molar-refractivity contribution in [3.8, 4) is 0 Å². The van der Waals surface area contributed by atoms with Gasteiger partial charge in [-0.1, -0.05) is 93.0 Å². The molecule has 5 rings (SSSR count). The Bertz CT molecular complexity index is 1230. The van der Waals surface area contributed by atoms with Crippen LogP contribution < -0.4 is 10.4 Å². The van der Waals surface area contributed by atoms with E-state index in [1.54, 1.807) is 18.1 Å². The molecule has 4 aromatic rings.